The number of rotatable bonds is 7. The molecule has 0 bridgehead atoms. The molecule has 4 aromatic carbocycles. The van der Waals surface area contributed by atoms with E-state index >= 15 is 0 Å². The summed E-state index contributed by atoms with van der Waals surface area (Å²) < 4.78 is 41.0. The van der Waals surface area contributed by atoms with Crippen LogP contribution in [0.5, 0.6) is 0 Å². The number of carbonyl (C=O) groups excluding carboxylic acids is 1. The van der Waals surface area contributed by atoms with Gasteiger partial charge < -0.3 is 5.32 Å². The van der Waals surface area contributed by atoms with Gasteiger partial charge in [0.1, 0.15) is 5.82 Å². The summed E-state index contributed by atoms with van der Waals surface area (Å²) in [5.74, 6) is -0.504. The molecule has 162 valence electrons. The molecule has 0 saturated carbocycles. The smallest absolute Gasteiger partial charge is 0.261 e. The van der Waals surface area contributed by atoms with Crippen LogP contribution >= 0.6 is 0 Å². The van der Waals surface area contributed by atoms with Crippen molar-refractivity contribution in [3.63, 3.8) is 0 Å². The Labute approximate surface area is 186 Å². The molecule has 32 heavy (non-hydrogen) atoms. The third-order valence-corrected chi connectivity index (χ3v) is 6.38. The van der Waals surface area contributed by atoms with Gasteiger partial charge in [0.05, 0.1) is 11.3 Å². The van der Waals surface area contributed by atoms with Crippen molar-refractivity contribution in [2.45, 2.75) is 17.9 Å². The average Bonchev–Trinajstić information content (AvgIpc) is 2.79. The third-order valence-electron chi connectivity index (χ3n) is 5.01. The van der Waals surface area contributed by atoms with E-state index in [1.165, 1.54) is 12.1 Å². The van der Waals surface area contributed by atoms with Gasteiger partial charge in [0.25, 0.3) is 10.0 Å². The number of fused-ring (bicyclic) bond motifs is 1. The van der Waals surface area contributed by atoms with E-state index < -0.39 is 10.0 Å². The van der Waals surface area contributed by atoms with E-state index in [0.717, 1.165) is 21.9 Å². The molecule has 4 rings (SSSR count). The Kier molecular flexibility index (Phi) is 6.18. The summed E-state index contributed by atoms with van der Waals surface area (Å²) in [5, 5.41) is 4.59. The molecule has 5 nitrogen and oxygen atoms in total. The van der Waals surface area contributed by atoms with Crippen LogP contribution in [-0.2, 0) is 27.8 Å². The van der Waals surface area contributed by atoms with E-state index in [9.17, 15) is 17.6 Å². The molecule has 0 spiro atoms. The fraction of sp³-hybridized carbons (Fsp3) is 0.0800. The molecule has 0 radical (unpaired) electrons. The Bertz CT molecular complexity index is 1350. The van der Waals surface area contributed by atoms with Crippen LogP contribution in [0.1, 0.15) is 11.1 Å². The van der Waals surface area contributed by atoms with Crippen LogP contribution in [0.25, 0.3) is 10.8 Å². The van der Waals surface area contributed by atoms with Crippen molar-refractivity contribution in [3.8, 4) is 0 Å². The van der Waals surface area contributed by atoms with Crippen molar-refractivity contribution in [2.24, 2.45) is 0 Å². The van der Waals surface area contributed by atoms with E-state index in [0.29, 0.717) is 12.2 Å². The highest BCUT2D eigenvalue weighted by Crippen LogP contribution is 2.21. The van der Waals surface area contributed by atoms with Crippen LogP contribution in [0.15, 0.2) is 95.9 Å². The van der Waals surface area contributed by atoms with E-state index in [1.807, 2.05) is 24.3 Å². The average molecular weight is 449 g/mol. The lowest BCUT2D eigenvalue weighted by Crippen LogP contribution is -2.24. The summed E-state index contributed by atoms with van der Waals surface area (Å²) in [5.41, 5.74) is 1.96. The maximum Gasteiger partial charge on any atom is 0.261 e. The Balaban J connectivity index is 1.37. The number of amides is 1. The Morgan fingerprint density at radius 2 is 1.44 bits per heavy atom. The SMILES string of the molecule is O=C(Cc1ccc(NS(=O)(=O)c2ccc3ccccc3c2)cc1)NCc1ccc(F)cc1. The molecule has 1 amide bonds. The predicted octanol–water partition coefficient (Wildman–Crippen LogP) is 4.64. The van der Waals surface area contributed by atoms with E-state index in [1.54, 1.807) is 54.6 Å². The zero-order valence-corrected chi connectivity index (χ0v) is 17.9. The van der Waals surface area contributed by atoms with Crippen molar-refractivity contribution in [2.75, 3.05) is 4.72 Å². The summed E-state index contributed by atoms with van der Waals surface area (Å²) in [7, 11) is -3.74. The van der Waals surface area contributed by atoms with Gasteiger partial charge in [-0.15, -0.1) is 0 Å². The topological polar surface area (TPSA) is 75.3 Å². The molecule has 0 heterocycles. The third kappa shape index (κ3) is 5.31. The van der Waals surface area contributed by atoms with Crippen molar-refractivity contribution >= 4 is 32.4 Å². The van der Waals surface area contributed by atoms with E-state index in [4.69, 9.17) is 0 Å². The minimum absolute atomic E-state index is 0.152. The molecule has 2 N–H and O–H groups in total. The van der Waals surface area contributed by atoms with Gasteiger partial charge in [-0.05, 0) is 58.3 Å². The lowest BCUT2D eigenvalue weighted by molar-refractivity contribution is -0.120. The zero-order chi connectivity index (χ0) is 22.6. The summed E-state index contributed by atoms with van der Waals surface area (Å²) in [6.45, 7) is 0.308. The highest BCUT2D eigenvalue weighted by molar-refractivity contribution is 7.92. The quantitative estimate of drug-likeness (QED) is 0.433. The number of hydrogen-bond acceptors (Lipinski definition) is 3. The van der Waals surface area contributed by atoms with Gasteiger partial charge in [-0.2, -0.15) is 0 Å². The molecule has 0 aliphatic carbocycles. The van der Waals surface area contributed by atoms with Crippen molar-refractivity contribution in [1.29, 1.82) is 0 Å². The second kappa shape index (κ2) is 9.20. The molecular formula is C25H21FN2O3S. The van der Waals surface area contributed by atoms with Gasteiger partial charge in [-0.25, -0.2) is 12.8 Å². The molecule has 0 aromatic heterocycles. The first-order valence-corrected chi connectivity index (χ1v) is 11.5. The summed E-state index contributed by atoms with van der Waals surface area (Å²) in [6, 6.07) is 25.1. The maximum absolute atomic E-state index is 12.9. The maximum atomic E-state index is 12.9. The first-order chi connectivity index (χ1) is 15.4. The number of sulfonamides is 1. The Morgan fingerprint density at radius 3 is 2.16 bits per heavy atom. The predicted molar refractivity (Wildman–Crippen MR) is 123 cm³/mol. The van der Waals surface area contributed by atoms with Crippen molar-refractivity contribution in [3.05, 3.63) is 108 Å². The molecule has 0 saturated heterocycles. The first kappa shape index (κ1) is 21.5. The van der Waals surface area contributed by atoms with E-state index in [-0.39, 0.29) is 23.0 Å². The molecular weight excluding hydrogens is 427 g/mol. The Hall–Kier alpha value is -3.71. The van der Waals surface area contributed by atoms with Gasteiger partial charge in [0, 0.05) is 12.2 Å². The summed E-state index contributed by atoms with van der Waals surface area (Å²) in [6.07, 6.45) is 0.152. The molecule has 0 aliphatic rings. The van der Waals surface area contributed by atoms with Crippen molar-refractivity contribution in [1.82, 2.24) is 5.32 Å². The minimum Gasteiger partial charge on any atom is -0.352 e. The standard InChI is InChI=1S/C25H21FN2O3S/c26-22-10-5-19(6-11-22)17-27-25(29)15-18-7-12-23(13-8-18)28-32(30,31)24-14-9-20-3-1-2-4-21(20)16-24/h1-14,16,28H,15,17H2,(H,27,29). The van der Waals surface area contributed by atoms with Crippen LogP contribution in [0.2, 0.25) is 0 Å². The molecule has 0 unspecified atom stereocenters. The number of anilines is 1. The number of hydrogen-bond donors (Lipinski definition) is 2. The van der Waals surface area contributed by atoms with E-state index in [2.05, 4.69) is 10.0 Å². The number of benzene rings is 4. The number of halogens is 1. The van der Waals surface area contributed by atoms with Gasteiger partial charge >= 0.3 is 0 Å². The van der Waals surface area contributed by atoms with Crippen LogP contribution in [0.4, 0.5) is 10.1 Å². The zero-order valence-electron chi connectivity index (χ0n) is 17.1. The highest BCUT2D eigenvalue weighted by atomic mass is 32.2. The summed E-state index contributed by atoms with van der Waals surface area (Å²) in [4.78, 5) is 12.3. The van der Waals surface area contributed by atoms with Gasteiger partial charge in [-0.3, -0.25) is 9.52 Å². The second-order valence-electron chi connectivity index (χ2n) is 7.39. The first-order valence-electron chi connectivity index (χ1n) is 10.0. The fourth-order valence-corrected chi connectivity index (χ4v) is 4.38. The monoisotopic (exact) mass is 448 g/mol. The molecule has 7 heteroatoms. The Morgan fingerprint density at radius 1 is 0.781 bits per heavy atom. The molecule has 0 aliphatic heterocycles. The normalized spacial score (nSPS) is 11.3. The van der Waals surface area contributed by atoms with Gasteiger partial charge in [-0.1, -0.05) is 54.6 Å². The van der Waals surface area contributed by atoms with Gasteiger partial charge in [0.15, 0.2) is 0 Å². The van der Waals surface area contributed by atoms with Crippen LogP contribution in [-0.4, -0.2) is 14.3 Å². The van der Waals surface area contributed by atoms with Crippen LogP contribution in [0, 0.1) is 5.82 Å². The number of carbonyl (C=O) groups is 1. The number of nitrogens with one attached hydrogen (secondary N) is 2. The molecule has 4 aromatic rings. The fourth-order valence-electron chi connectivity index (χ4n) is 3.29. The molecule has 0 fully saturated rings. The summed E-state index contributed by atoms with van der Waals surface area (Å²) >= 11 is 0. The minimum atomic E-state index is -3.74. The molecule has 0 atom stereocenters. The lowest BCUT2D eigenvalue weighted by Gasteiger charge is -2.10. The highest BCUT2D eigenvalue weighted by Gasteiger charge is 2.15. The van der Waals surface area contributed by atoms with Crippen molar-refractivity contribution < 1.29 is 17.6 Å². The largest absolute Gasteiger partial charge is 0.352 e. The van der Waals surface area contributed by atoms with Gasteiger partial charge in [0.2, 0.25) is 5.91 Å². The second-order valence-corrected chi connectivity index (χ2v) is 9.07. The van der Waals surface area contributed by atoms with Crippen LogP contribution in [0.3, 0.4) is 0 Å². The van der Waals surface area contributed by atoms with Crippen LogP contribution < -0.4 is 10.0 Å². The lowest BCUT2D eigenvalue weighted by atomic mass is 10.1.